The number of rotatable bonds is 8. The maximum absolute atomic E-state index is 12.9. The summed E-state index contributed by atoms with van der Waals surface area (Å²) in [6, 6.07) is 6.59. The molecule has 1 fully saturated rings. The first-order valence-electron chi connectivity index (χ1n) is 9.86. The molecule has 0 aliphatic carbocycles. The van der Waals surface area contributed by atoms with Crippen molar-refractivity contribution in [3.63, 3.8) is 0 Å². The van der Waals surface area contributed by atoms with Gasteiger partial charge in [-0.15, -0.1) is 10.2 Å². The number of hydrogen-bond donors (Lipinski definition) is 2. The Labute approximate surface area is 184 Å². The standard InChI is InChI=1S/C19H24N6O4S2/c1-30-11-5-15(18-23-22-17-4-2-3-6-25(17)18)21-19(26)16-12-14(13-20-16)31(27,28)24-7-9-29-10-8-24/h2-4,6,12-13,15,20H,5,7-11H2,1H3,(H,21,26). The molecule has 1 aliphatic heterocycles. The molecular formula is C19H24N6O4S2. The molecule has 1 amide bonds. The lowest BCUT2D eigenvalue weighted by Gasteiger charge is -2.25. The Hall–Kier alpha value is -2.41. The first-order valence-corrected chi connectivity index (χ1v) is 12.7. The molecule has 3 aromatic heterocycles. The van der Waals surface area contributed by atoms with E-state index >= 15 is 0 Å². The highest BCUT2D eigenvalue weighted by atomic mass is 32.2. The molecule has 3 aromatic rings. The third kappa shape index (κ3) is 4.61. The molecule has 1 saturated heterocycles. The van der Waals surface area contributed by atoms with Crippen LogP contribution < -0.4 is 5.32 Å². The second kappa shape index (κ2) is 9.39. The number of carbonyl (C=O) groups is 1. The molecule has 1 atom stereocenters. The zero-order valence-corrected chi connectivity index (χ0v) is 18.7. The highest BCUT2D eigenvalue weighted by Crippen LogP contribution is 2.21. The van der Waals surface area contributed by atoms with Gasteiger partial charge in [-0.2, -0.15) is 16.1 Å². The van der Waals surface area contributed by atoms with Gasteiger partial charge in [0.05, 0.1) is 19.3 Å². The van der Waals surface area contributed by atoms with E-state index in [1.165, 1.54) is 16.6 Å². The smallest absolute Gasteiger partial charge is 0.268 e. The van der Waals surface area contributed by atoms with Crippen LogP contribution in [-0.4, -0.2) is 76.5 Å². The molecule has 1 unspecified atom stereocenters. The van der Waals surface area contributed by atoms with Gasteiger partial charge in [0.15, 0.2) is 11.5 Å². The average molecular weight is 465 g/mol. The predicted octanol–water partition coefficient (Wildman–Crippen LogP) is 1.30. The minimum atomic E-state index is -3.68. The largest absolute Gasteiger partial charge is 0.379 e. The summed E-state index contributed by atoms with van der Waals surface area (Å²) in [5.74, 6) is 1.04. The number of aromatic nitrogens is 4. The molecule has 4 heterocycles. The van der Waals surface area contributed by atoms with Gasteiger partial charge < -0.3 is 15.0 Å². The van der Waals surface area contributed by atoms with Crippen molar-refractivity contribution in [3.8, 4) is 0 Å². The lowest BCUT2D eigenvalue weighted by molar-refractivity contribution is 0.0730. The molecule has 0 aromatic carbocycles. The van der Waals surface area contributed by atoms with Crippen molar-refractivity contribution in [2.24, 2.45) is 0 Å². The molecular weight excluding hydrogens is 440 g/mol. The van der Waals surface area contributed by atoms with E-state index in [1.807, 2.05) is 35.1 Å². The topological polar surface area (TPSA) is 122 Å². The molecule has 31 heavy (non-hydrogen) atoms. The lowest BCUT2D eigenvalue weighted by atomic mass is 10.2. The number of nitrogens with one attached hydrogen (secondary N) is 2. The summed E-state index contributed by atoms with van der Waals surface area (Å²) in [7, 11) is -3.68. The quantitative estimate of drug-likeness (QED) is 0.515. The van der Waals surface area contributed by atoms with Crippen LogP contribution in [-0.2, 0) is 14.8 Å². The van der Waals surface area contributed by atoms with Crippen molar-refractivity contribution in [2.45, 2.75) is 17.4 Å². The maximum Gasteiger partial charge on any atom is 0.268 e. The number of sulfonamides is 1. The Morgan fingerprint density at radius 3 is 2.90 bits per heavy atom. The fourth-order valence-corrected chi connectivity index (χ4v) is 5.30. The summed E-state index contributed by atoms with van der Waals surface area (Å²) in [4.78, 5) is 15.8. The normalized spacial score (nSPS) is 16.4. The van der Waals surface area contributed by atoms with Crippen LogP contribution in [0.4, 0.5) is 0 Å². The molecule has 166 valence electrons. The zero-order chi connectivity index (χ0) is 21.8. The van der Waals surface area contributed by atoms with Crippen molar-refractivity contribution in [1.82, 2.24) is 29.2 Å². The first kappa shape index (κ1) is 21.8. The highest BCUT2D eigenvalue weighted by molar-refractivity contribution is 7.98. The van der Waals surface area contributed by atoms with Gasteiger partial charge in [-0.3, -0.25) is 9.20 Å². The van der Waals surface area contributed by atoms with E-state index in [0.717, 1.165) is 5.75 Å². The SMILES string of the molecule is CSCCC(NC(=O)c1cc(S(=O)(=O)N2CCOCC2)c[nH]1)c1nnc2ccccn12. The van der Waals surface area contributed by atoms with E-state index in [9.17, 15) is 13.2 Å². The van der Waals surface area contributed by atoms with Crippen LogP contribution in [0.3, 0.4) is 0 Å². The van der Waals surface area contributed by atoms with E-state index in [1.54, 1.807) is 11.8 Å². The van der Waals surface area contributed by atoms with Gasteiger partial charge in [-0.1, -0.05) is 6.07 Å². The van der Waals surface area contributed by atoms with Gasteiger partial charge >= 0.3 is 0 Å². The van der Waals surface area contributed by atoms with Crippen molar-refractivity contribution in [3.05, 3.63) is 48.2 Å². The Kier molecular flexibility index (Phi) is 6.60. The third-order valence-corrected chi connectivity index (χ3v) is 7.60. The van der Waals surface area contributed by atoms with Crippen molar-refractivity contribution >= 4 is 33.3 Å². The van der Waals surface area contributed by atoms with Crippen LogP contribution in [0.25, 0.3) is 5.65 Å². The van der Waals surface area contributed by atoms with Gasteiger partial charge in [0.2, 0.25) is 10.0 Å². The van der Waals surface area contributed by atoms with Gasteiger partial charge in [-0.25, -0.2) is 8.42 Å². The number of nitrogens with zero attached hydrogens (tertiary/aromatic N) is 4. The summed E-state index contributed by atoms with van der Waals surface area (Å²) in [6.07, 6.45) is 5.85. The number of thioether (sulfide) groups is 1. The molecule has 0 radical (unpaired) electrons. The zero-order valence-electron chi connectivity index (χ0n) is 17.0. The molecule has 4 rings (SSSR count). The number of aromatic amines is 1. The number of H-pyrrole nitrogens is 1. The summed E-state index contributed by atoms with van der Waals surface area (Å²) in [5.41, 5.74) is 0.870. The van der Waals surface area contributed by atoms with Gasteiger partial charge in [0, 0.05) is 25.5 Å². The van der Waals surface area contributed by atoms with Crippen LogP contribution in [0, 0.1) is 0 Å². The van der Waals surface area contributed by atoms with Crippen LogP contribution in [0.2, 0.25) is 0 Å². The fraction of sp³-hybridized carbons (Fsp3) is 0.421. The van der Waals surface area contributed by atoms with E-state index in [4.69, 9.17) is 4.74 Å². The molecule has 12 heteroatoms. The molecule has 0 spiro atoms. The van der Waals surface area contributed by atoms with E-state index in [-0.39, 0.29) is 16.6 Å². The molecule has 1 aliphatic rings. The summed E-state index contributed by atoms with van der Waals surface area (Å²) in [6.45, 7) is 1.32. The maximum atomic E-state index is 12.9. The fourth-order valence-electron chi connectivity index (χ4n) is 3.43. The average Bonchev–Trinajstić information content (AvgIpc) is 3.45. The number of pyridine rings is 1. The monoisotopic (exact) mass is 464 g/mol. The van der Waals surface area contributed by atoms with Crippen molar-refractivity contribution < 1.29 is 17.9 Å². The number of carbonyl (C=O) groups excluding carboxylic acids is 1. The van der Waals surface area contributed by atoms with E-state index < -0.39 is 15.9 Å². The van der Waals surface area contributed by atoms with Crippen molar-refractivity contribution in [1.29, 1.82) is 0 Å². The number of amides is 1. The van der Waals surface area contributed by atoms with Crippen LogP contribution in [0.1, 0.15) is 28.8 Å². The van der Waals surface area contributed by atoms with Crippen LogP contribution in [0.15, 0.2) is 41.6 Å². The number of morpholine rings is 1. The summed E-state index contributed by atoms with van der Waals surface area (Å²) in [5, 5.41) is 11.4. The molecule has 10 nitrogen and oxygen atoms in total. The molecule has 0 bridgehead atoms. The van der Waals surface area contributed by atoms with Crippen LogP contribution in [0.5, 0.6) is 0 Å². The second-order valence-corrected chi connectivity index (χ2v) is 9.98. The summed E-state index contributed by atoms with van der Waals surface area (Å²) < 4.78 is 34.1. The Bertz CT molecular complexity index is 1150. The third-order valence-electron chi connectivity index (χ3n) is 5.08. The molecule has 2 N–H and O–H groups in total. The Balaban J connectivity index is 1.54. The van der Waals surface area contributed by atoms with Crippen LogP contribution >= 0.6 is 11.8 Å². The van der Waals surface area contributed by atoms with Crippen molar-refractivity contribution in [2.75, 3.05) is 38.3 Å². The minimum Gasteiger partial charge on any atom is -0.379 e. The van der Waals surface area contributed by atoms with E-state index in [2.05, 4.69) is 20.5 Å². The Morgan fingerprint density at radius 2 is 2.13 bits per heavy atom. The minimum absolute atomic E-state index is 0.0631. The number of hydrogen-bond acceptors (Lipinski definition) is 7. The second-order valence-electron chi connectivity index (χ2n) is 7.06. The molecule has 0 saturated carbocycles. The predicted molar refractivity (Wildman–Crippen MR) is 117 cm³/mol. The van der Waals surface area contributed by atoms with Gasteiger partial charge in [0.1, 0.15) is 10.6 Å². The highest BCUT2D eigenvalue weighted by Gasteiger charge is 2.28. The van der Waals surface area contributed by atoms with Gasteiger partial charge in [0.25, 0.3) is 5.91 Å². The summed E-state index contributed by atoms with van der Waals surface area (Å²) >= 11 is 1.67. The van der Waals surface area contributed by atoms with E-state index in [0.29, 0.717) is 44.2 Å². The number of ether oxygens (including phenoxy) is 1. The number of fused-ring (bicyclic) bond motifs is 1. The first-order chi connectivity index (χ1) is 15.0. The lowest BCUT2D eigenvalue weighted by Crippen LogP contribution is -2.40. The Morgan fingerprint density at radius 1 is 1.32 bits per heavy atom. The van der Waals surface area contributed by atoms with Gasteiger partial charge in [-0.05, 0) is 36.6 Å².